The van der Waals surface area contributed by atoms with Gasteiger partial charge in [0.25, 0.3) is 0 Å². The van der Waals surface area contributed by atoms with E-state index < -0.39 is 5.60 Å². The number of phenols is 2. The molecule has 144 valence electrons. The van der Waals surface area contributed by atoms with Gasteiger partial charge in [-0.25, -0.2) is 0 Å². The number of ether oxygens (including phenoxy) is 1. The lowest BCUT2D eigenvalue weighted by Crippen LogP contribution is -2.31. The summed E-state index contributed by atoms with van der Waals surface area (Å²) in [5.74, 6) is 0.334. The summed E-state index contributed by atoms with van der Waals surface area (Å²) in [6, 6.07) is 9.81. The normalized spacial score (nSPS) is 17.8. The molecule has 4 heteroatoms. The first-order valence-corrected chi connectivity index (χ1v) is 9.16. The predicted octanol–water partition coefficient (Wildman–Crippen LogP) is 5.51. The average molecular weight is 376 g/mol. The Hall–Kier alpha value is -3.27. The van der Waals surface area contributed by atoms with Gasteiger partial charge in [0.15, 0.2) is 5.78 Å². The van der Waals surface area contributed by atoms with Crippen molar-refractivity contribution in [1.29, 1.82) is 0 Å². The zero-order valence-corrected chi connectivity index (χ0v) is 16.3. The molecule has 0 saturated carbocycles. The molecule has 2 N–H and O–H groups in total. The number of benzene rings is 2. The Morgan fingerprint density at radius 1 is 1.11 bits per heavy atom. The van der Waals surface area contributed by atoms with Gasteiger partial charge in [0.05, 0.1) is 11.1 Å². The quantitative estimate of drug-likeness (QED) is 0.410. The Morgan fingerprint density at radius 3 is 2.50 bits per heavy atom. The van der Waals surface area contributed by atoms with E-state index in [4.69, 9.17) is 4.74 Å². The molecular formula is C24H24O4. The van der Waals surface area contributed by atoms with Gasteiger partial charge in [-0.2, -0.15) is 0 Å². The zero-order chi connectivity index (χ0) is 20.3. The Labute approximate surface area is 165 Å². The summed E-state index contributed by atoms with van der Waals surface area (Å²) >= 11 is 0. The molecule has 28 heavy (non-hydrogen) atoms. The molecule has 0 saturated heterocycles. The number of aromatic hydroxyl groups is 2. The number of allylic oxidation sites excluding steroid dienone is 2. The lowest BCUT2D eigenvalue weighted by atomic mass is 9.94. The molecular weight excluding hydrogens is 352 g/mol. The van der Waals surface area contributed by atoms with Crippen LogP contribution in [0, 0.1) is 0 Å². The highest BCUT2D eigenvalue weighted by molar-refractivity contribution is 6.09. The second kappa shape index (κ2) is 7.77. The molecule has 0 radical (unpaired) electrons. The zero-order valence-electron chi connectivity index (χ0n) is 16.3. The number of carbonyl (C=O) groups excluding carboxylic acids is 1. The fourth-order valence-corrected chi connectivity index (χ4v) is 2.95. The van der Waals surface area contributed by atoms with E-state index in [0.29, 0.717) is 11.3 Å². The molecule has 1 unspecified atom stereocenters. The van der Waals surface area contributed by atoms with Crippen LogP contribution in [0.4, 0.5) is 0 Å². The van der Waals surface area contributed by atoms with Crippen LogP contribution in [-0.4, -0.2) is 21.6 Å². The van der Waals surface area contributed by atoms with Gasteiger partial charge in [0, 0.05) is 6.42 Å². The van der Waals surface area contributed by atoms with E-state index in [1.54, 1.807) is 42.5 Å². The van der Waals surface area contributed by atoms with Crippen molar-refractivity contribution < 1.29 is 19.7 Å². The second-order valence-corrected chi connectivity index (χ2v) is 7.40. The molecule has 2 aromatic carbocycles. The molecule has 0 aliphatic carbocycles. The van der Waals surface area contributed by atoms with E-state index in [9.17, 15) is 15.0 Å². The molecule has 4 nitrogen and oxygen atoms in total. The molecule has 2 aromatic rings. The van der Waals surface area contributed by atoms with Crippen LogP contribution in [0.3, 0.4) is 0 Å². The third-order valence-electron chi connectivity index (χ3n) is 4.62. The minimum atomic E-state index is -0.485. The molecule has 1 aliphatic heterocycles. The van der Waals surface area contributed by atoms with Crippen molar-refractivity contribution in [3.8, 4) is 17.2 Å². The first-order chi connectivity index (χ1) is 13.3. The Kier molecular flexibility index (Phi) is 5.41. The molecule has 0 aromatic heterocycles. The number of hydrogen-bond donors (Lipinski definition) is 2. The second-order valence-electron chi connectivity index (χ2n) is 7.40. The van der Waals surface area contributed by atoms with Crippen LogP contribution in [0.5, 0.6) is 17.2 Å². The summed E-state index contributed by atoms with van der Waals surface area (Å²) in [5, 5.41) is 19.9. The van der Waals surface area contributed by atoms with Gasteiger partial charge in [-0.3, -0.25) is 4.79 Å². The molecule has 1 heterocycles. The van der Waals surface area contributed by atoms with E-state index in [-0.39, 0.29) is 22.8 Å². The summed E-state index contributed by atoms with van der Waals surface area (Å²) in [7, 11) is 0. The average Bonchev–Trinajstić information content (AvgIpc) is 2.66. The van der Waals surface area contributed by atoms with Crippen molar-refractivity contribution in [2.75, 3.05) is 0 Å². The van der Waals surface area contributed by atoms with Crippen LogP contribution in [0.1, 0.15) is 48.7 Å². The number of ketones is 1. The summed E-state index contributed by atoms with van der Waals surface area (Å²) in [5.41, 5.74) is 2.24. The number of carbonyl (C=O) groups is 1. The van der Waals surface area contributed by atoms with Gasteiger partial charge < -0.3 is 14.9 Å². The fraction of sp³-hybridized carbons (Fsp3) is 0.208. The van der Waals surface area contributed by atoms with Crippen LogP contribution in [0.2, 0.25) is 0 Å². The highest BCUT2D eigenvalue weighted by Gasteiger charge is 2.28. The standard InChI is InChI=1S/C24H24O4/c1-16(2)12-14-24(3)15-13-20-22(28-24)11-9-19(23(20)27)21(26)10-6-17-4-7-18(25)8-5-17/h4-13,15,25,27H,14H2,1-3H3/b10-6+. The monoisotopic (exact) mass is 376 g/mol. The molecule has 3 rings (SSSR count). The van der Waals surface area contributed by atoms with E-state index >= 15 is 0 Å². The van der Waals surface area contributed by atoms with Crippen molar-refractivity contribution in [3.05, 3.63) is 76.9 Å². The summed E-state index contributed by atoms with van der Waals surface area (Å²) in [6.07, 6.45) is 9.61. The first kappa shape index (κ1) is 19.5. The van der Waals surface area contributed by atoms with Crippen LogP contribution in [-0.2, 0) is 0 Å². The topological polar surface area (TPSA) is 66.8 Å². The SMILES string of the molecule is CC(C)=CCC1(C)C=Cc2c(ccc(C(=O)/C=C/c3ccc(O)cc3)c2O)O1. The van der Waals surface area contributed by atoms with Gasteiger partial charge in [-0.15, -0.1) is 0 Å². The Morgan fingerprint density at radius 2 is 1.82 bits per heavy atom. The maximum absolute atomic E-state index is 12.5. The predicted molar refractivity (Wildman–Crippen MR) is 112 cm³/mol. The van der Waals surface area contributed by atoms with E-state index in [1.807, 2.05) is 32.9 Å². The molecule has 0 bridgehead atoms. The molecule has 1 aliphatic rings. The van der Waals surface area contributed by atoms with Crippen LogP contribution < -0.4 is 4.74 Å². The Bertz CT molecular complexity index is 976. The van der Waals surface area contributed by atoms with Gasteiger partial charge in [-0.1, -0.05) is 29.9 Å². The summed E-state index contributed by atoms with van der Waals surface area (Å²) in [6.45, 7) is 6.07. The highest BCUT2D eigenvalue weighted by Crippen LogP contribution is 2.39. The van der Waals surface area contributed by atoms with E-state index in [0.717, 1.165) is 12.0 Å². The third kappa shape index (κ3) is 4.34. The van der Waals surface area contributed by atoms with E-state index in [2.05, 4.69) is 6.08 Å². The van der Waals surface area contributed by atoms with Crippen molar-refractivity contribution >= 4 is 17.9 Å². The maximum Gasteiger partial charge on any atom is 0.189 e. The third-order valence-corrected chi connectivity index (χ3v) is 4.62. The smallest absolute Gasteiger partial charge is 0.189 e. The van der Waals surface area contributed by atoms with Crippen LogP contribution in [0.15, 0.2) is 60.2 Å². The molecule has 0 fully saturated rings. The molecule has 0 spiro atoms. The highest BCUT2D eigenvalue weighted by atomic mass is 16.5. The minimum absolute atomic E-state index is 0.0848. The lowest BCUT2D eigenvalue weighted by Gasteiger charge is -2.31. The van der Waals surface area contributed by atoms with E-state index in [1.165, 1.54) is 11.6 Å². The first-order valence-electron chi connectivity index (χ1n) is 9.16. The van der Waals surface area contributed by atoms with Gasteiger partial charge in [0.2, 0.25) is 0 Å². The number of hydrogen-bond acceptors (Lipinski definition) is 4. The summed E-state index contributed by atoms with van der Waals surface area (Å²) < 4.78 is 6.08. The van der Waals surface area contributed by atoms with Crippen molar-refractivity contribution in [3.63, 3.8) is 0 Å². The lowest BCUT2D eigenvalue weighted by molar-refractivity contribution is 0.104. The Balaban J connectivity index is 1.82. The van der Waals surface area contributed by atoms with Crippen molar-refractivity contribution in [2.24, 2.45) is 0 Å². The molecule has 0 amide bonds. The number of fused-ring (bicyclic) bond motifs is 1. The van der Waals surface area contributed by atoms with Gasteiger partial charge in [-0.05, 0) is 68.8 Å². The largest absolute Gasteiger partial charge is 0.508 e. The number of phenolic OH excluding ortho intramolecular Hbond substituents is 2. The van der Waals surface area contributed by atoms with Crippen LogP contribution in [0.25, 0.3) is 12.2 Å². The number of rotatable bonds is 5. The van der Waals surface area contributed by atoms with Crippen molar-refractivity contribution in [1.82, 2.24) is 0 Å². The summed E-state index contributed by atoms with van der Waals surface area (Å²) in [4.78, 5) is 12.5. The maximum atomic E-state index is 12.5. The van der Waals surface area contributed by atoms with Crippen LogP contribution >= 0.6 is 0 Å². The van der Waals surface area contributed by atoms with Gasteiger partial charge >= 0.3 is 0 Å². The molecule has 1 atom stereocenters. The fourth-order valence-electron chi connectivity index (χ4n) is 2.95. The van der Waals surface area contributed by atoms with Gasteiger partial charge in [0.1, 0.15) is 22.8 Å². The van der Waals surface area contributed by atoms with Crippen molar-refractivity contribution in [2.45, 2.75) is 32.8 Å². The minimum Gasteiger partial charge on any atom is -0.508 e.